The van der Waals surface area contributed by atoms with E-state index in [0.717, 1.165) is 4.90 Å². The summed E-state index contributed by atoms with van der Waals surface area (Å²) in [6, 6.07) is 9.96. The third-order valence-corrected chi connectivity index (χ3v) is 6.97. The van der Waals surface area contributed by atoms with Crippen LogP contribution in [0.1, 0.15) is 44.7 Å². The summed E-state index contributed by atoms with van der Waals surface area (Å²) in [4.78, 5) is 50.1. The molecule has 0 spiro atoms. The third-order valence-electron chi connectivity index (χ3n) is 5.41. The number of nitrogens with one attached hydrogen (secondary N) is 2. The molecule has 0 aliphatic carbocycles. The first-order chi connectivity index (χ1) is 15.7. The Bertz CT molecular complexity index is 1370. The first kappa shape index (κ1) is 22.4. The molecule has 0 radical (unpaired) electrons. The quantitative estimate of drug-likeness (QED) is 0.506. The fourth-order valence-electron chi connectivity index (χ4n) is 3.76. The molecule has 2 aliphatic rings. The Kier molecular flexibility index (Phi) is 5.84. The van der Waals surface area contributed by atoms with Crippen LogP contribution in [0.15, 0.2) is 47.4 Å². The van der Waals surface area contributed by atoms with Gasteiger partial charge in [0.15, 0.2) is 0 Å². The molecule has 1 fully saturated rings. The fourth-order valence-corrected chi connectivity index (χ4v) is 4.93. The maximum absolute atomic E-state index is 12.8. The molecule has 2 heterocycles. The maximum atomic E-state index is 12.8. The zero-order valence-electron chi connectivity index (χ0n) is 17.5. The van der Waals surface area contributed by atoms with Crippen molar-refractivity contribution in [3.8, 4) is 11.8 Å². The van der Waals surface area contributed by atoms with Crippen LogP contribution in [0.4, 0.5) is 0 Å². The Morgan fingerprint density at radius 1 is 1.06 bits per heavy atom. The number of fused-ring (bicyclic) bond motifs is 1. The van der Waals surface area contributed by atoms with E-state index in [-0.39, 0.29) is 35.4 Å². The number of carbonyl (C=O) groups is 4. The number of hydrogen-bond donors (Lipinski definition) is 2. The number of aryl methyl sites for hydroxylation is 1. The summed E-state index contributed by atoms with van der Waals surface area (Å²) in [5.41, 5.74) is 1.28. The van der Waals surface area contributed by atoms with Crippen molar-refractivity contribution in [1.82, 2.24) is 14.9 Å². The van der Waals surface area contributed by atoms with Gasteiger partial charge in [0.25, 0.3) is 11.8 Å². The Hall–Kier alpha value is -3.81. The minimum Gasteiger partial charge on any atom is -0.295 e. The van der Waals surface area contributed by atoms with Crippen molar-refractivity contribution in [2.24, 2.45) is 0 Å². The fraction of sp³-hybridized carbons (Fsp3) is 0.217. The van der Waals surface area contributed by atoms with E-state index < -0.39 is 39.7 Å². The van der Waals surface area contributed by atoms with Gasteiger partial charge in [-0.25, -0.2) is 8.42 Å². The monoisotopic (exact) mass is 465 g/mol. The Morgan fingerprint density at radius 2 is 1.79 bits per heavy atom. The van der Waals surface area contributed by atoms with Gasteiger partial charge in [-0.15, -0.1) is 0 Å². The van der Waals surface area contributed by atoms with Crippen molar-refractivity contribution in [3.63, 3.8) is 0 Å². The first-order valence-corrected chi connectivity index (χ1v) is 11.6. The minimum atomic E-state index is -3.72. The van der Waals surface area contributed by atoms with E-state index in [1.54, 1.807) is 31.2 Å². The number of benzene rings is 2. The van der Waals surface area contributed by atoms with Crippen molar-refractivity contribution in [2.75, 3.05) is 6.54 Å². The number of carbonyl (C=O) groups excluding carboxylic acids is 4. The van der Waals surface area contributed by atoms with Crippen molar-refractivity contribution >= 4 is 33.7 Å². The topological polar surface area (TPSA) is 130 Å². The molecule has 1 unspecified atom stereocenters. The lowest BCUT2D eigenvalue weighted by Crippen LogP contribution is -2.54. The summed E-state index contributed by atoms with van der Waals surface area (Å²) in [6.45, 7) is 1.55. The third kappa shape index (κ3) is 4.28. The maximum Gasteiger partial charge on any atom is 0.262 e. The van der Waals surface area contributed by atoms with Gasteiger partial charge in [-0.2, -0.15) is 4.72 Å². The molecule has 2 aromatic carbocycles. The molecule has 2 aromatic rings. The van der Waals surface area contributed by atoms with Crippen LogP contribution >= 0.6 is 0 Å². The number of piperidine rings is 1. The normalized spacial score (nSPS) is 18.0. The van der Waals surface area contributed by atoms with E-state index in [1.165, 1.54) is 18.2 Å². The summed E-state index contributed by atoms with van der Waals surface area (Å²) in [5, 5.41) is 2.14. The van der Waals surface area contributed by atoms with Gasteiger partial charge in [0, 0.05) is 12.0 Å². The van der Waals surface area contributed by atoms with Crippen LogP contribution in [0.25, 0.3) is 0 Å². The molecule has 4 rings (SSSR count). The number of amides is 4. The molecule has 1 atom stereocenters. The predicted octanol–water partition coefficient (Wildman–Crippen LogP) is 0.726. The molecule has 4 amide bonds. The molecule has 2 aliphatic heterocycles. The van der Waals surface area contributed by atoms with Gasteiger partial charge >= 0.3 is 0 Å². The van der Waals surface area contributed by atoms with Crippen molar-refractivity contribution in [3.05, 3.63) is 64.7 Å². The molecule has 2 N–H and O–H groups in total. The van der Waals surface area contributed by atoms with E-state index in [9.17, 15) is 27.6 Å². The van der Waals surface area contributed by atoms with Crippen molar-refractivity contribution in [1.29, 1.82) is 0 Å². The zero-order chi connectivity index (χ0) is 23.8. The van der Waals surface area contributed by atoms with Gasteiger partial charge in [0.05, 0.1) is 22.6 Å². The number of imide groups is 2. The number of rotatable bonds is 4. The second-order valence-electron chi connectivity index (χ2n) is 7.60. The predicted molar refractivity (Wildman–Crippen MR) is 116 cm³/mol. The average Bonchev–Trinajstić information content (AvgIpc) is 3.01. The highest BCUT2D eigenvalue weighted by atomic mass is 32.2. The summed E-state index contributed by atoms with van der Waals surface area (Å²) < 4.78 is 27.2. The molecule has 168 valence electrons. The average molecular weight is 465 g/mol. The van der Waals surface area contributed by atoms with E-state index in [0.29, 0.717) is 11.1 Å². The lowest BCUT2D eigenvalue weighted by atomic mass is 10.0. The second kappa shape index (κ2) is 8.61. The molecule has 0 aromatic heterocycles. The smallest absolute Gasteiger partial charge is 0.262 e. The molecule has 33 heavy (non-hydrogen) atoms. The number of sulfonamides is 1. The highest BCUT2D eigenvalue weighted by molar-refractivity contribution is 7.89. The molecule has 0 bridgehead atoms. The summed E-state index contributed by atoms with van der Waals surface area (Å²) in [7, 11) is -3.72. The van der Waals surface area contributed by atoms with Gasteiger partial charge in [0.2, 0.25) is 21.8 Å². The van der Waals surface area contributed by atoms with Gasteiger partial charge in [-0.1, -0.05) is 30.0 Å². The van der Waals surface area contributed by atoms with Crippen LogP contribution < -0.4 is 10.0 Å². The molecular weight excluding hydrogens is 446 g/mol. The van der Waals surface area contributed by atoms with Crippen molar-refractivity contribution < 1.29 is 27.6 Å². The van der Waals surface area contributed by atoms with Crippen LogP contribution in [0, 0.1) is 18.8 Å². The standard InChI is InChI=1S/C23H19N3O6S/c1-14-5-2-3-7-19(14)33(31,32)24-12-4-6-15-8-9-16-17(13-15)23(30)26(22(16)29)18-10-11-20(27)25-21(18)28/h2-3,5,7-9,13,18,24H,10-12H2,1H3,(H,25,27,28). The Labute approximate surface area is 190 Å². The summed E-state index contributed by atoms with van der Waals surface area (Å²) in [5.74, 6) is 3.12. The second-order valence-corrected chi connectivity index (χ2v) is 9.33. The largest absolute Gasteiger partial charge is 0.295 e. The number of nitrogens with zero attached hydrogens (tertiary/aromatic N) is 1. The van der Waals surface area contributed by atoms with Crippen LogP contribution in [-0.2, 0) is 19.6 Å². The lowest BCUT2D eigenvalue weighted by molar-refractivity contribution is -0.136. The van der Waals surface area contributed by atoms with Gasteiger partial charge in [0.1, 0.15) is 6.04 Å². The molecule has 9 nitrogen and oxygen atoms in total. The highest BCUT2D eigenvalue weighted by Crippen LogP contribution is 2.28. The van der Waals surface area contributed by atoms with Gasteiger partial charge in [-0.05, 0) is 43.2 Å². The summed E-state index contributed by atoms with van der Waals surface area (Å²) >= 11 is 0. The molecular formula is C23H19N3O6S. The van der Waals surface area contributed by atoms with Gasteiger partial charge in [-0.3, -0.25) is 29.4 Å². The van der Waals surface area contributed by atoms with E-state index in [1.807, 2.05) is 0 Å². The minimum absolute atomic E-state index is 0.0406. The van der Waals surface area contributed by atoms with Gasteiger partial charge < -0.3 is 0 Å². The highest BCUT2D eigenvalue weighted by Gasteiger charge is 2.44. The van der Waals surface area contributed by atoms with Crippen LogP contribution in [0.5, 0.6) is 0 Å². The Balaban J connectivity index is 1.48. The molecule has 10 heteroatoms. The zero-order valence-corrected chi connectivity index (χ0v) is 18.4. The SMILES string of the molecule is Cc1ccccc1S(=O)(=O)NCC#Cc1ccc2c(c1)C(=O)N(C1CCC(=O)NC1=O)C2=O. The van der Waals surface area contributed by atoms with Crippen LogP contribution in [0.3, 0.4) is 0 Å². The number of hydrogen-bond acceptors (Lipinski definition) is 6. The van der Waals surface area contributed by atoms with E-state index in [2.05, 4.69) is 21.9 Å². The van der Waals surface area contributed by atoms with Crippen LogP contribution in [-0.4, -0.2) is 49.5 Å². The Morgan fingerprint density at radius 3 is 2.52 bits per heavy atom. The van der Waals surface area contributed by atoms with E-state index >= 15 is 0 Å². The summed E-state index contributed by atoms with van der Waals surface area (Å²) in [6.07, 6.45) is 0.114. The lowest BCUT2D eigenvalue weighted by Gasteiger charge is -2.27. The van der Waals surface area contributed by atoms with Crippen molar-refractivity contribution in [2.45, 2.75) is 30.7 Å². The molecule has 0 saturated carbocycles. The molecule has 1 saturated heterocycles. The van der Waals surface area contributed by atoms with E-state index in [4.69, 9.17) is 0 Å². The van der Waals surface area contributed by atoms with Crippen LogP contribution in [0.2, 0.25) is 0 Å². The first-order valence-electron chi connectivity index (χ1n) is 10.1.